The van der Waals surface area contributed by atoms with Crippen molar-refractivity contribution in [2.45, 2.75) is 44.3 Å². The third-order valence-corrected chi connectivity index (χ3v) is 9.15. The minimum atomic E-state index is -3.34. The van der Waals surface area contributed by atoms with E-state index < -0.39 is 30.6 Å². The van der Waals surface area contributed by atoms with Gasteiger partial charge in [0.25, 0.3) is 5.56 Å². The third kappa shape index (κ3) is 4.35. The average molecular weight is 562 g/mol. The van der Waals surface area contributed by atoms with Crippen LogP contribution < -0.4 is 21.7 Å². The number of nitrogens with zero attached hydrogens (tertiary/aromatic N) is 4. The van der Waals surface area contributed by atoms with Gasteiger partial charge in [0.1, 0.15) is 5.35 Å². The van der Waals surface area contributed by atoms with Gasteiger partial charge < -0.3 is 5.32 Å². The zero-order chi connectivity index (χ0) is 21.5. The third-order valence-electron chi connectivity index (χ3n) is 5.22. The molecule has 1 fully saturated rings. The van der Waals surface area contributed by atoms with Crippen LogP contribution in [0.25, 0.3) is 4.08 Å². The molecule has 0 bridgehead atoms. The molecule has 8 nitrogen and oxygen atoms in total. The van der Waals surface area contributed by atoms with Gasteiger partial charge in [0.05, 0.1) is 5.75 Å². The summed E-state index contributed by atoms with van der Waals surface area (Å²) in [5.74, 6) is 0.714. The molecular weight excluding hydrogens is 541 g/mol. The molecule has 0 aromatic carbocycles. The van der Waals surface area contributed by atoms with Gasteiger partial charge in [-0.05, 0) is 58.0 Å². The standard InChI is InChI=1S/C19H21ClIN5O3S/c1-3-30(28,29)15-7-4-12(9-22-15)10-23-16-18(27)26(11(2)13-5-6-13)17-14(24-16)8-21-19(20)25-17/h4,7-9,11,13H,3,5-6,10H2,1-2H3,(H,23,24)/t11-/m0/s1. The molecule has 0 unspecified atom stereocenters. The van der Waals surface area contributed by atoms with Gasteiger partial charge in [0, 0.05) is 22.9 Å². The molecule has 4 rings (SSSR count). The monoisotopic (exact) mass is 561 g/mol. The maximum Gasteiger partial charge on any atom is 0.295 e. The fourth-order valence-electron chi connectivity index (χ4n) is 3.25. The predicted molar refractivity (Wildman–Crippen MR) is 125 cm³/mol. The molecule has 1 aliphatic carbocycles. The van der Waals surface area contributed by atoms with Crippen molar-refractivity contribution >= 4 is 55.2 Å². The summed E-state index contributed by atoms with van der Waals surface area (Å²) in [6, 6.07) is 3.19. The number of pyridine rings is 1. The Morgan fingerprint density at radius 1 is 1.37 bits per heavy atom. The lowest BCUT2D eigenvalue weighted by Crippen LogP contribution is -2.49. The molecule has 1 atom stereocenters. The summed E-state index contributed by atoms with van der Waals surface area (Å²) in [7, 11) is -3.34. The maximum absolute atomic E-state index is 13.2. The van der Waals surface area contributed by atoms with Crippen molar-refractivity contribution in [3.63, 3.8) is 0 Å². The lowest BCUT2D eigenvalue weighted by Gasteiger charge is -2.17. The van der Waals surface area contributed by atoms with E-state index in [1.807, 2.05) is 11.0 Å². The van der Waals surface area contributed by atoms with Gasteiger partial charge in [-0.15, -0.1) is 0 Å². The summed E-state index contributed by atoms with van der Waals surface area (Å²) in [4.78, 5) is 26.2. The summed E-state index contributed by atoms with van der Waals surface area (Å²) >= 11 is 5.62. The molecule has 3 heterocycles. The van der Waals surface area contributed by atoms with E-state index in [4.69, 9.17) is 11.6 Å². The van der Waals surface area contributed by atoms with Gasteiger partial charge in [0.2, 0.25) is 0 Å². The summed E-state index contributed by atoms with van der Waals surface area (Å²) in [5.41, 5.74) is 1.06. The number of sulfone groups is 1. The molecule has 2 aromatic heterocycles. The number of halogens is 2. The number of anilines is 1. The number of hydrogen-bond donors (Lipinski definition) is 1. The van der Waals surface area contributed by atoms with Gasteiger partial charge >= 0.3 is 0 Å². The average Bonchev–Trinajstić information content (AvgIpc) is 3.58. The topological polar surface area (TPSA) is 106 Å². The van der Waals surface area contributed by atoms with E-state index in [1.165, 1.54) is 12.3 Å². The highest BCUT2D eigenvalue weighted by molar-refractivity contribution is 14.2. The molecule has 30 heavy (non-hydrogen) atoms. The smallest absolute Gasteiger partial charge is 0.295 e. The molecule has 0 amide bonds. The molecule has 1 N–H and O–H groups in total. The van der Waals surface area contributed by atoms with Crippen molar-refractivity contribution in [2.24, 2.45) is 10.9 Å². The van der Waals surface area contributed by atoms with Crippen molar-refractivity contribution in [2.75, 3.05) is 11.1 Å². The second kappa shape index (κ2) is 8.46. The summed E-state index contributed by atoms with van der Waals surface area (Å²) < 4.78 is 28.0. The predicted octanol–water partition coefficient (Wildman–Crippen LogP) is 1.68. The van der Waals surface area contributed by atoms with Crippen molar-refractivity contribution in [1.29, 1.82) is 0 Å². The van der Waals surface area contributed by atoms with Gasteiger partial charge in [-0.2, -0.15) is 0 Å². The van der Waals surface area contributed by atoms with E-state index in [0.717, 1.165) is 18.4 Å². The molecule has 11 heteroatoms. The molecule has 1 aliphatic heterocycles. The van der Waals surface area contributed by atoms with Crippen LogP contribution in [0.3, 0.4) is 0 Å². The van der Waals surface area contributed by atoms with Crippen molar-refractivity contribution in [3.05, 3.63) is 45.1 Å². The SMILES string of the molecule is CCS(=O)(=O)c1ccc(CNc2nc3c(n([C@@H](C)C4CC4)c2=O)=NC(Cl)=IC=3)cn1. The second-order valence-electron chi connectivity index (χ2n) is 7.25. The van der Waals surface area contributed by atoms with Gasteiger partial charge in [-0.3, -0.25) is 9.36 Å². The molecule has 0 radical (unpaired) electrons. The Morgan fingerprint density at radius 3 is 2.77 bits per heavy atom. The number of fused-ring (bicyclic) bond motifs is 1. The quantitative estimate of drug-likeness (QED) is 0.407. The number of hydrogen-bond acceptors (Lipinski definition) is 7. The number of rotatable bonds is 7. The molecule has 160 valence electrons. The molecule has 2 aliphatic rings. The number of nitrogens with one attached hydrogen (secondary N) is 1. The highest BCUT2D eigenvalue weighted by Gasteiger charge is 2.31. The van der Waals surface area contributed by atoms with Crippen LogP contribution in [-0.4, -0.2) is 31.8 Å². The molecule has 0 spiro atoms. The van der Waals surface area contributed by atoms with E-state index in [2.05, 4.69) is 20.3 Å². The highest BCUT2D eigenvalue weighted by Crippen LogP contribution is 2.38. The largest absolute Gasteiger partial charge is 0.361 e. The lowest BCUT2D eigenvalue weighted by atomic mass is 10.2. The van der Waals surface area contributed by atoms with E-state index in [0.29, 0.717) is 26.4 Å². The highest BCUT2D eigenvalue weighted by atomic mass is 127. The molecule has 2 aromatic rings. The Labute approximate surface area is 188 Å². The van der Waals surface area contributed by atoms with Gasteiger partial charge in [0.15, 0.2) is 29.3 Å². The summed E-state index contributed by atoms with van der Waals surface area (Å²) in [6.07, 6.45) is 3.70. The van der Waals surface area contributed by atoms with Crippen LogP contribution in [0.5, 0.6) is 0 Å². The minimum absolute atomic E-state index is 0.000977. The fraction of sp³-hybridized carbons (Fsp3) is 0.421. The van der Waals surface area contributed by atoms with Crippen molar-refractivity contribution < 1.29 is 8.42 Å². The summed E-state index contributed by atoms with van der Waals surface area (Å²) in [6.45, 7) is 3.92. The summed E-state index contributed by atoms with van der Waals surface area (Å²) in [5, 5.41) is 3.83. The molecular formula is C19H21ClIN5O3S. The Kier molecular flexibility index (Phi) is 6.08. The first-order valence-electron chi connectivity index (χ1n) is 9.59. The molecule has 1 saturated carbocycles. The first-order valence-corrected chi connectivity index (χ1v) is 13.9. The second-order valence-corrected chi connectivity index (χ2v) is 12.7. The van der Waals surface area contributed by atoms with E-state index >= 15 is 0 Å². The van der Waals surface area contributed by atoms with E-state index in [-0.39, 0.29) is 28.2 Å². The van der Waals surface area contributed by atoms with Crippen LogP contribution in [0.1, 0.15) is 38.3 Å². The van der Waals surface area contributed by atoms with Crippen LogP contribution >= 0.6 is 32.3 Å². The van der Waals surface area contributed by atoms with Crippen molar-refractivity contribution in [1.82, 2.24) is 14.5 Å². The van der Waals surface area contributed by atoms with E-state index in [9.17, 15) is 13.2 Å². The number of aromatic nitrogens is 3. The van der Waals surface area contributed by atoms with Gasteiger partial charge in [-0.25, -0.2) is 23.4 Å². The first-order chi connectivity index (χ1) is 14.3. The van der Waals surface area contributed by atoms with Crippen LogP contribution in [0.2, 0.25) is 0 Å². The minimum Gasteiger partial charge on any atom is -0.361 e. The van der Waals surface area contributed by atoms with Crippen LogP contribution in [0.4, 0.5) is 5.82 Å². The van der Waals surface area contributed by atoms with E-state index in [1.54, 1.807) is 17.6 Å². The molecule has 0 saturated heterocycles. The zero-order valence-electron chi connectivity index (χ0n) is 16.5. The zero-order valence-corrected chi connectivity index (χ0v) is 20.2. The Balaban J connectivity index is 1.66. The fourth-order valence-corrected chi connectivity index (χ4v) is 5.73. The Bertz CT molecular complexity index is 1300. The van der Waals surface area contributed by atoms with Gasteiger partial charge in [-0.1, -0.05) is 24.6 Å². The maximum atomic E-state index is 13.2. The Morgan fingerprint density at radius 2 is 2.13 bits per heavy atom. The first kappa shape index (κ1) is 21.6. The normalized spacial score (nSPS) is 17.0. The van der Waals surface area contributed by atoms with Crippen LogP contribution in [-0.2, 0) is 16.4 Å². The lowest BCUT2D eigenvalue weighted by molar-refractivity contribution is 0.452. The van der Waals surface area contributed by atoms with Crippen LogP contribution in [0, 0.1) is 5.92 Å². The van der Waals surface area contributed by atoms with Crippen molar-refractivity contribution in [3.8, 4) is 0 Å². The Hall–Kier alpha value is -1.66. The van der Waals surface area contributed by atoms with Crippen LogP contribution in [0.15, 0.2) is 33.1 Å².